The van der Waals surface area contributed by atoms with E-state index in [4.69, 9.17) is 9.31 Å². The molecule has 0 aromatic carbocycles. The Morgan fingerprint density at radius 2 is 1.77 bits per heavy atom. The van der Waals surface area contributed by atoms with Gasteiger partial charge in [-0.05, 0) is 46.2 Å². The smallest absolute Gasteiger partial charge is 0.399 e. The first-order chi connectivity index (χ1) is 10.3. The molecule has 0 bridgehead atoms. The molecule has 0 amide bonds. The van der Waals surface area contributed by atoms with Crippen LogP contribution in [-0.4, -0.2) is 33.1 Å². The van der Waals surface area contributed by atoms with Gasteiger partial charge in [0.05, 0.1) is 23.1 Å². The Morgan fingerprint density at radius 3 is 2.32 bits per heavy atom. The van der Waals surface area contributed by atoms with Gasteiger partial charge in [0.2, 0.25) is 0 Å². The summed E-state index contributed by atoms with van der Waals surface area (Å²) >= 11 is 0. The van der Waals surface area contributed by atoms with E-state index in [0.29, 0.717) is 0 Å². The molecule has 3 rings (SSSR count). The maximum Gasteiger partial charge on any atom is 0.498 e. The fourth-order valence-corrected chi connectivity index (χ4v) is 2.34. The molecule has 0 saturated carbocycles. The Labute approximate surface area is 131 Å². The third-order valence-corrected chi connectivity index (χ3v) is 4.56. The first kappa shape index (κ1) is 15.2. The molecule has 3 heterocycles. The van der Waals surface area contributed by atoms with Crippen molar-refractivity contribution in [2.45, 2.75) is 52.2 Å². The van der Waals surface area contributed by atoms with Gasteiger partial charge < -0.3 is 9.31 Å². The van der Waals surface area contributed by atoms with Crippen LogP contribution in [0.25, 0.3) is 5.69 Å². The van der Waals surface area contributed by atoms with Gasteiger partial charge in [0.1, 0.15) is 0 Å². The summed E-state index contributed by atoms with van der Waals surface area (Å²) in [6.07, 6.45) is 6.49. The van der Waals surface area contributed by atoms with Crippen molar-refractivity contribution in [3.63, 3.8) is 0 Å². The number of nitrogens with zero attached hydrogens (tertiary/aromatic N) is 3. The lowest BCUT2D eigenvalue weighted by molar-refractivity contribution is 0.00578. The topological polar surface area (TPSA) is 49.2 Å². The molecule has 0 aliphatic carbocycles. The van der Waals surface area contributed by atoms with E-state index < -0.39 is 0 Å². The molecule has 1 fully saturated rings. The van der Waals surface area contributed by atoms with Crippen LogP contribution in [0, 0.1) is 0 Å². The third kappa shape index (κ3) is 2.57. The van der Waals surface area contributed by atoms with E-state index in [9.17, 15) is 0 Å². The fourth-order valence-electron chi connectivity index (χ4n) is 2.34. The Morgan fingerprint density at radius 1 is 1.09 bits per heavy atom. The molecule has 0 spiro atoms. The molecule has 0 atom stereocenters. The Balaban J connectivity index is 1.82. The summed E-state index contributed by atoms with van der Waals surface area (Å²) in [4.78, 5) is 4.40. The molecular weight excluding hydrogens is 277 g/mol. The highest BCUT2D eigenvalue weighted by Gasteiger charge is 2.52. The van der Waals surface area contributed by atoms with Crippen LogP contribution in [-0.2, 0) is 15.7 Å². The zero-order valence-electron chi connectivity index (χ0n) is 13.8. The zero-order chi connectivity index (χ0) is 16.0. The lowest BCUT2D eigenvalue weighted by Crippen LogP contribution is -2.41. The summed E-state index contributed by atoms with van der Waals surface area (Å²) in [7, 11) is -0.387. The molecule has 0 radical (unpaired) electrons. The van der Waals surface area contributed by atoms with Crippen molar-refractivity contribution in [1.82, 2.24) is 14.8 Å². The molecule has 116 valence electrons. The predicted molar refractivity (Wildman–Crippen MR) is 86.5 cm³/mol. The summed E-state index contributed by atoms with van der Waals surface area (Å²) in [5.74, 6) is 0. The van der Waals surface area contributed by atoms with Gasteiger partial charge in [-0.25, -0.2) is 4.68 Å². The van der Waals surface area contributed by atoms with Crippen molar-refractivity contribution in [3.8, 4) is 5.69 Å². The van der Waals surface area contributed by atoms with E-state index >= 15 is 0 Å². The minimum atomic E-state index is -0.387. The molecule has 0 N–H and O–H groups in total. The van der Waals surface area contributed by atoms with Gasteiger partial charge in [0.25, 0.3) is 0 Å². The first-order valence-corrected chi connectivity index (χ1v) is 7.68. The maximum absolute atomic E-state index is 6.04. The lowest BCUT2D eigenvalue weighted by Gasteiger charge is -2.32. The van der Waals surface area contributed by atoms with Crippen molar-refractivity contribution in [1.29, 1.82) is 0 Å². The molecule has 5 nitrogen and oxygen atoms in total. The molecular formula is C16H22BN3O2. The van der Waals surface area contributed by atoms with E-state index in [1.54, 1.807) is 10.9 Å². The zero-order valence-corrected chi connectivity index (χ0v) is 13.8. The predicted octanol–water partition coefficient (Wildman–Crippen LogP) is 2.13. The van der Waals surface area contributed by atoms with Crippen molar-refractivity contribution in [3.05, 3.63) is 36.4 Å². The van der Waals surface area contributed by atoms with Crippen molar-refractivity contribution in [2.75, 3.05) is 0 Å². The summed E-state index contributed by atoms with van der Waals surface area (Å²) in [5, 5.41) is 4.40. The van der Waals surface area contributed by atoms with Crippen LogP contribution in [0.5, 0.6) is 0 Å². The van der Waals surface area contributed by atoms with Crippen LogP contribution in [0.15, 0.2) is 30.7 Å². The van der Waals surface area contributed by atoms with Crippen LogP contribution in [0.1, 0.15) is 40.3 Å². The highest BCUT2D eigenvalue weighted by molar-refractivity contribution is 6.62. The second-order valence-corrected chi connectivity index (χ2v) is 6.67. The Kier molecular flexibility index (Phi) is 3.61. The van der Waals surface area contributed by atoms with Crippen LogP contribution < -0.4 is 5.46 Å². The van der Waals surface area contributed by atoms with Crippen molar-refractivity contribution >= 4 is 12.6 Å². The van der Waals surface area contributed by atoms with Gasteiger partial charge in [-0.3, -0.25) is 4.98 Å². The van der Waals surface area contributed by atoms with Gasteiger partial charge >= 0.3 is 7.12 Å². The SMILES string of the molecule is CCc1ccc(-n2cc(B3OC(C)(C)C(C)(C)O3)cn2)cn1. The number of aromatic nitrogens is 3. The maximum atomic E-state index is 6.04. The third-order valence-electron chi connectivity index (χ3n) is 4.56. The fraction of sp³-hybridized carbons (Fsp3) is 0.500. The molecule has 2 aromatic rings. The average molecular weight is 299 g/mol. The number of hydrogen-bond donors (Lipinski definition) is 0. The van der Waals surface area contributed by atoms with Gasteiger partial charge in [-0.15, -0.1) is 0 Å². The minimum Gasteiger partial charge on any atom is -0.399 e. The minimum absolute atomic E-state index is 0.343. The highest BCUT2D eigenvalue weighted by atomic mass is 16.7. The molecule has 2 aromatic heterocycles. The number of pyridine rings is 1. The van der Waals surface area contributed by atoms with Gasteiger partial charge in [-0.1, -0.05) is 6.92 Å². The largest absolute Gasteiger partial charge is 0.498 e. The Hall–Kier alpha value is -1.66. The highest BCUT2D eigenvalue weighted by Crippen LogP contribution is 2.36. The molecule has 1 aliphatic heterocycles. The van der Waals surface area contributed by atoms with Crippen LogP contribution in [0.3, 0.4) is 0 Å². The van der Waals surface area contributed by atoms with Gasteiger partial charge in [0.15, 0.2) is 0 Å². The van der Waals surface area contributed by atoms with Crippen molar-refractivity contribution < 1.29 is 9.31 Å². The normalized spacial score (nSPS) is 19.6. The summed E-state index contributed by atoms with van der Waals surface area (Å²) in [6.45, 7) is 10.3. The van der Waals surface area contributed by atoms with E-state index in [0.717, 1.165) is 23.3 Å². The van der Waals surface area contributed by atoms with E-state index in [1.165, 1.54) is 0 Å². The standard InChI is InChI=1S/C16H22BN3O2/c1-6-13-7-8-14(10-18-13)20-11-12(9-19-20)17-21-15(2,3)16(4,5)22-17/h7-11H,6H2,1-5H3. The number of rotatable bonds is 3. The monoisotopic (exact) mass is 299 g/mol. The second-order valence-electron chi connectivity index (χ2n) is 6.67. The summed E-state index contributed by atoms with van der Waals surface area (Å²) in [6, 6.07) is 4.04. The second kappa shape index (κ2) is 5.21. The lowest BCUT2D eigenvalue weighted by atomic mass is 9.82. The van der Waals surface area contributed by atoms with Gasteiger partial charge in [0, 0.05) is 23.6 Å². The quantitative estimate of drug-likeness (QED) is 0.815. The number of hydrogen-bond acceptors (Lipinski definition) is 4. The number of aryl methyl sites for hydroxylation is 1. The average Bonchev–Trinajstić information content (AvgIpc) is 3.03. The van der Waals surface area contributed by atoms with Crippen LogP contribution in [0.2, 0.25) is 0 Å². The van der Waals surface area contributed by atoms with Crippen LogP contribution in [0.4, 0.5) is 0 Å². The summed E-state index contributed by atoms with van der Waals surface area (Å²) < 4.78 is 13.9. The molecule has 6 heteroatoms. The van der Waals surface area contributed by atoms with Gasteiger partial charge in [-0.2, -0.15) is 5.10 Å². The first-order valence-electron chi connectivity index (χ1n) is 7.68. The molecule has 1 aliphatic rings. The van der Waals surface area contributed by atoms with E-state index in [1.807, 2.05) is 52.2 Å². The van der Waals surface area contributed by atoms with E-state index in [-0.39, 0.29) is 18.3 Å². The summed E-state index contributed by atoms with van der Waals surface area (Å²) in [5.41, 5.74) is 2.23. The van der Waals surface area contributed by atoms with Crippen LogP contribution >= 0.6 is 0 Å². The van der Waals surface area contributed by atoms with E-state index in [2.05, 4.69) is 17.0 Å². The molecule has 22 heavy (non-hydrogen) atoms. The molecule has 1 saturated heterocycles. The Bertz CT molecular complexity index is 648. The van der Waals surface area contributed by atoms with Crippen molar-refractivity contribution in [2.24, 2.45) is 0 Å². The molecule has 0 unspecified atom stereocenters.